The molecule has 0 aliphatic carbocycles. The summed E-state index contributed by atoms with van der Waals surface area (Å²) in [6.45, 7) is 5.72. The number of carbonyl (C=O) groups is 2. The largest absolute Gasteiger partial charge is 0.493 e. The van der Waals surface area contributed by atoms with Crippen LogP contribution in [0.2, 0.25) is 0 Å². The highest BCUT2D eigenvalue weighted by molar-refractivity contribution is 5.98. The third-order valence-corrected chi connectivity index (χ3v) is 5.13. The van der Waals surface area contributed by atoms with Gasteiger partial charge in [0.05, 0.1) is 19.0 Å². The standard InChI is InChI=1S/C24H27N3O4/c1-5-16(2)19-13-9-10-14-20(19)25-23(28)17(3)31-24(29)22-21(30-4)15-27(26-22)18-11-7-6-8-12-18/h6-17H,5H2,1-4H3,(H,25,28). The van der Waals surface area contributed by atoms with Gasteiger partial charge < -0.3 is 14.8 Å². The second-order valence-electron chi connectivity index (χ2n) is 7.26. The number of carbonyl (C=O) groups excluding carboxylic acids is 2. The molecule has 2 unspecified atom stereocenters. The van der Waals surface area contributed by atoms with Crippen LogP contribution >= 0.6 is 0 Å². The topological polar surface area (TPSA) is 82.5 Å². The molecule has 0 saturated heterocycles. The first-order valence-corrected chi connectivity index (χ1v) is 10.2. The number of ether oxygens (including phenoxy) is 2. The Balaban J connectivity index is 1.72. The monoisotopic (exact) mass is 421 g/mol. The van der Waals surface area contributed by atoms with Crippen LogP contribution in [0.5, 0.6) is 5.75 Å². The maximum atomic E-state index is 12.7. The summed E-state index contributed by atoms with van der Waals surface area (Å²) >= 11 is 0. The summed E-state index contributed by atoms with van der Waals surface area (Å²) < 4.78 is 12.2. The Kier molecular flexibility index (Phi) is 7.07. The van der Waals surface area contributed by atoms with Crippen molar-refractivity contribution in [3.8, 4) is 11.4 Å². The smallest absolute Gasteiger partial charge is 0.363 e. The molecule has 3 rings (SSSR count). The molecule has 0 radical (unpaired) electrons. The quantitative estimate of drug-likeness (QED) is 0.539. The fraction of sp³-hybridized carbons (Fsp3) is 0.292. The van der Waals surface area contributed by atoms with Crippen LogP contribution in [0, 0.1) is 0 Å². The predicted octanol–water partition coefficient (Wildman–Crippen LogP) is 4.58. The van der Waals surface area contributed by atoms with Gasteiger partial charge in [-0.3, -0.25) is 4.79 Å². The second-order valence-corrected chi connectivity index (χ2v) is 7.26. The molecule has 0 aliphatic rings. The van der Waals surface area contributed by atoms with Crippen molar-refractivity contribution in [2.24, 2.45) is 0 Å². The third-order valence-electron chi connectivity index (χ3n) is 5.13. The lowest BCUT2D eigenvalue weighted by Gasteiger charge is -2.18. The fourth-order valence-corrected chi connectivity index (χ4v) is 3.13. The van der Waals surface area contributed by atoms with E-state index in [0.29, 0.717) is 5.92 Å². The third kappa shape index (κ3) is 5.12. The van der Waals surface area contributed by atoms with Crippen LogP contribution in [0.15, 0.2) is 60.8 Å². The van der Waals surface area contributed by atoms with Crippen LogP contribution in [-0.4, -0.2) is 34.9 Å². The van der Waals surface area contributed by atoms with Crippen molar-refractivity contribution in [3.63, 3.8) is 0 Å². The van der Waals surface area contributed by atoms with Crippen molar-refractivity contribution in [1.82, 2.24) is 9.78 Å². The molecule has 0 aliphatic heterocycles. The zero-order valence-corrected chi connectivity index (χ0v) is 18.2. The molecule has 3 aromatic rings. The van der Waals surface area contributed by atoms with Gasteiger partial charge >= 0.3 is 5.97 Å². The van der Waals surface area contributed by atoms with Gasteiger partial charge in [-0.25, -0.2) is 9.48 Å². The van der Waals surface area contributed by atoms with E-state index in [9.17, 15) is 9.59 Å². The molecule has 0 saturated carbocycles. The molecule has 1 amide bonds. The molecular weight excluding hydrogens is 394 g/mol. The molecule has 0 spiro atoms. The van der Waals surface area contributed by atoms with E-state index in [1.165, 1.54) is 18.7 Å². The van der Waals surface area contributed by atoms with E-state index in [0.717, 1.165) is 23.4 Å². The molecule has 7 nitrogen and oxygen atoms in total. The van der Waals surface area contributed by atoms with Crippen LogP contribution in [0.3, 0.4) is 0 Å². The molecule has 162 valence electrons. The Hall–Kier alpha value is -3.61. The number of nitrogens with one attached hydrogen (secondary N) is 1. The maximum absolute atomic E-state index is 12.7. The summed E-state index contributed by atoms with van der Waals surface area (Å²) in [6, 6.07) is 17.0. The number of nitrogens with zero attached hydrogens (tertiary/aromatic N) is 2. The minimum Gasteiger partial charge on any atom is -0.493 e. The molecule has 1 N–H and O–H groups in total. The van der Waals surface area contributed by atoms with E-state index in [2.05, 4.69) is 24.3 Å². The van der Waals surface area contributed by atoms with Gasteiger partial charge in [0.25, 0.3) is 5.91 Å². The molecule has 1 aromatic heterocycles. The minimum atomic E-state index is -1.01. The van der Waals surface area contributed by atoms with E-state index in [4.69, 9.17) is 9.47 Å². The Bertz CT molecular complexity index is 1050. The SMILES string of the molecule is CCC(C)c1ccccc1NC(=O)C(C)OC(=O)c1nn(-c2ccccc2)cc1OC. The van der Waals surface area contributed by atoms with Crippen molar-refractivity contribution in [2.75, 3.05) is 12.4 Å². The first-order chi connectivity index (χ1) is 14.9. The molecular formula is C24H27N3O4. The van der Waals surface area contributed by atoms with Crippen LogP contribution in [0.1, 0.15) is 49.2 Å². The van der Waals surface area contributed by atoms with Gasteiger partial charge in [-0.15, -0.1) is 0 Å². The van der Waals surface area contributed by atoms with Gasteiger partial charge in [0.1, 0.15) is 0 Å². The number of esters is 1. The number of para-hydroxylation sites is 2. The first kappa shape index (κ1) is 22.1. The lowest BCUT2D eigenvalue weighted by molar-refractivity contribution is -0.123. The lowest BCUT2D eigenvalue weighted by atomic mass is 9.97. The number of rotatable bonds is 8. The van der Waals surface area contributed by atoms with Gasteiger partial charge in [-0.1, -0.05) is 50.2 Å². The van der Waals surface area contributed by atoms with Gasteiger partial charge in [0.2, 0.25) is 5.69 Å². The average Bonchev–Trinajstić information content (AvgIpc) is 3.24. The number of amides is 1. The van der Waals surface area contributed by atoms with E-state index in [1.807, 2.05) is 54.6 Å². The van der Waals surface area contributed by atoms with Crippen molar-refractivity contribution in [2.45, 2.75) is 39.2 Å². The molecule has 7 heteroatoms. The summed E-state index contributed by atoms with van der Waals surface area (Å²) in [4.78, 5) is 25.4. The molecule has 2 atom stereocenters. The molecule has 0 bridgehead atoms. The highest BCUT2D eigenvalue weighted by Gasteiger charge is 2.25. The summed E-state index contributed by atoms with van der Waals surface area (Å²) in [5.74, 6) is -0.584. The van der Waals surface area contributed by atoms with E-state index >= 15 is 0 Å². The number of aromatic nitrogens is 2. The highest BCUT2D eigenvalue weighted by Crippen LogP contribution is 2.27. The minimum absolute atomic E-state index is 0.00556. The zero-order chi connectivity index (χ0) is 22.4. The predicted molar refractivity (Wildman–Crippen MR) is 119 cm³/mol. The van der Waals surface area contributed by atoms with Crippen LogP contribution < -0.4 is 10.1 Å². The fourth-order valence-electron chi connectivity index (χ4n) is 3.13. The molecule has 2 aromatic carbocycles. The number of hydrogen-bond donors (Lipinski definition) is 1. The molecule has 1 heterocycles. The lowest BCUT2D eigenvalue weighted by Crippen LogP contribution is -2.30. The van der Waals surface area contributed by atoms with Crippen molar-refractivity contribution in [3.05, 3.63) is 72.1 Å². The summed E-state index contributed by atoms with van der Waals surface area (Å²) in [7, 11) is 1.45. The molecule has 31 heavy (non-hydrogen) atoms. The Morgan fingerprint density at radius 1 is 1.06 bits per heavy atom. The number of methoxy groups -OCH3 is 1. The number of hydrogen-bond acceptors (Lipinski definition) is 5. The zero-order valence-electron chi connectivity index (χ0n) is 18.2. The highest BCUT2D eigenvalue weighted by atomic mass is 16.6. The summed E-state index contributed by atoms with van der Waals surface area (Å²) in [6.07, 6.45) is 1.53. The number of anilines is 1. The van der Waals surface area contributed by atoms with Crippen molar-refractivity contribution >= 4 is 17.6 Å². The Morgan fingerprint density at radius 2 is 1.74 bits per heavy atom. The van der Waals surface area contributed by atoms with Crippen molar-refractivity contribution in [1.29, 1.82) is 0 Å². The second kappa shape index (κ2) is 9.93. The normalized spacial score (nSPS) is 12.6. The average molecular weight is 421 g/mol. The van der Waals surface area contributed by atoms with Gasteiger partial charge in [-0.2, -0.15) is 5.10 Å². The van der Waals surface area contributed by atoms with Gasteiger partial charge in [0.15, 0.2) is 11.9 Å². The van der Waals surface area contributed by atoms with Crippen molar-refractivity contribution < 1.29 is 19.1 Å². The van der Waals surface area contributed by atoms with E-state index in [-0.39, 0.29) is 11.4 Å². The molecule has 0 fully saturated rings. The Labute approximate surface area is 182 Å². The first-order valence-electron chi connectivity index (χ1n) is 10.2. The number of benzene rings is 2. The summed E-state index contributed by atoms with van der Waals surface area (Å²) in [5.41, 5.74) is 2.54. The van der Waals surface area contributed by atoms with Gasteiger partial charge in [-0.05, 0) is 43.0 Å². The van der Waals surface area contributed by atoms with Crippen LogP contribution in [0.25, 0.3) is 5.69 Å². The maximum Gasteiger partial charge on any atom is 0.363 e. The van der Waals surface area contributed by atoms with E-state index < -0.39 is 18.0 Å². The van der Waals surface area contributed by atoms with Gasteiger partial charge in [0, 0.05) is 5.69 Å². The van der Waals surface area contributed by atoms with Crippen LogP contribution in [0.4, 0.5) is 5.69 Å². The Morgan fingerprint density at radius 3 is 2.42 bits per heavy atom. The summed E-state index contributed by atoms with van der Waals surface area (Å²) in [5, 5.41) is 7.15. The van der Waals surface area contributed by atoms with E-state index in [1.54, 1.807) is 6.20 Å². The van der Waals surface area contributed by atoms with Crippen LogP contribution in [-0.2, 0) is 9.53 Å².